The number of rotatable bonds is 2. The number of fused-ring (bicyclic) bond motifs is 1. The third kappa shape index (κ3) is 2.08. The van der Waals surface area contributed by atoms with Crippen molar-refractivity contribution in [1.29, 1.82) is 0 Å². The Labute approximate surface area is 118 Å². The first-order chi connectivity index (χ1) is 9.56. The Morgan fingerprint density at radius 1 is 1.35 bits per heavy atom. The van der Waals surface area contributed by atoms with Crippen LogP contribution in [0.4, 0.5) is 0 Å². The lowest BCUT2D eigenvalue weighted by atomic mass is 10.1. The largest absolute Gasteiger partial charge is 0.506 e. The van der Waals surface area contributed by atoms with Crippen LogP contribution in [0.5, 0.6) is 11.5 Å². The quantitative estimate of drug-likeness (QED) is 0.843. The Morgan fingerprint density at radius 3 is 2.80 bits per heavy atom. The van der Waals surface area contributed by atoms with Gasteiger partial charge in [-0.1, -0.05) is 6.07 Å². The van der Waals surface area contributed by atoms with Gasteiger partial charge in [-0.25, -0.2) is 0 Å². The molecule has 20 heavy (non-hydrogen) atoms. The highest BCUT2D eigenvalue weighted by molar-refractivity contribution is 8.18. The summed E-state index contributed by atoms with van der Waals surface area (Å²) in [6, 6.07) is 5.28. The first-order valence-electron chi connectivity index (χ1n) is 5.84. The molecule has 0 saturated heterocycles. The van der Waals surface area contributed by atoms with Crippen molar-refractivity contribution in [3.63, 3.8) is 0 Å². The summed E-state index contributed by atoms with van der Waals surface area (Å²) in [6.45, 7) is 1.44. The molecule has 0 radical (unpaired) electrons. The number of ketones is 1. The number of hydrogen-bond acceptors (Lipinski definition) is 6. The Bertz CT molecular complexity index is 687. The fraction of sp³-hybridized carbons (Fsp3) is 0.143. The van der Waals surface area contributed by atoms with Gasteiger partial charge in [-0.05, 0) is 42.5 Å². The Balaban J connectivity index is 1.98. The summed E-state index contributed by atoms with van der Waals surface area (Å²) in [6.07, 6.45) is 1.63. The molecule has 2 aliphatic heterocycles. The molecular weight excluding hydrogens is 280 g/mol. The fourth-order valence-corrected chi connectivity index (χ4v) is 2.92. The van der Waals surface area contributed by atoms with Crippen molar-refractivity contribution in [3.05, 3.63) is 40.0 Å². The molecule has 0 fully saturated rings. The molecule has 1 N–H and O–H groups in total. The summed E-state index contributed by atoms with van der Waals surface area (Å²) in [5.41, 5.74) is 0.600. The van der Waals surface area contributed by atoms with Gasteiger partial charge in [0.1, 0.15) is 11.3 Å². The fourth-order valence-electron chi connectivity index (χ4n) is 1.98. The van der Waals surface area contributed by atoms with Gasteiger partial charge in [0.25, 0.3) is 0 Å². The van der Waals surface area contributed by atoms with Crippen molar-refractivity contribution in [1.82, 2.24) is 0 Å². The third-order valence-corrected chi connectivity index (χ3v) is 3.84. The van der Waals surface area contributed by atoms with E-state index in [1.807, 2.05) is 0 Å². The SMILES string of the molecule is CC(=O)C1=C(O)/C(=C/c2ccc3c(c2)OCO3)SC1=O. The van der Waals surface area contributed by atoms with Crippen molar-refractivity contribution in [3.8, 4) is 11.5 Å². The number of hydrogen-bond donors (Lipinski definition) is 1. The van der Waals surface area contributed by atoms with Crippen LogP contribution in [-0.2, 0) is 9.59 Å². The van der Waals surface area contributed by atoms with Gasteiger partial charge < -0.3 is 14.6 Å². The summed E-state index contributed by atoms with van der Waals surface area (Å²) in [5, 5.41) is 9.51. The molecular formula is C14H10O5S. The smallest absolute Gasteiger partial charge is 0.231 e. The molecule has 0 atom stereocenters. The number of aliphatic hydroxyl groups excluding tert-OH is 1. The number of ether oxygens (including phenoxy) is 2. The molecule has 3 rings (SSSR count). The van der Waals surface area contributed by atoms with Gasteiger partial charge in [-0.15, -0.1) is 0 Å². The lowest BCUT2D eigenvalue weighted by molar-refractivity contribution is -0.116. The average Bonchev–Trinajstić information content (AvgIpc) is 2.94. The van der Waals surface area contributed by atoms with E-state index in [1.54, 1.807) is 24.3 Å². The maximum absolute atomic E-state index is 11.7. The van der Waals surface area contributed by atoms with E-state index in [9.17, 15) is 14.7 Å². The molecule has 0 bridgehead atoms. The molecule has 0 saturated carbocycles. The normalized spacial score (nSPS) is 19.1. The minimum atomic E-state index is -0.436. The van der Waals surface area contributed by atoms with E-state index in [0.717, 1.165) is 17.3 Å². The van der Waals surface area contributed by atoms with Gasteiger partial charge in [0.05, 0.1) is 4.91 Å². The predicted molar refractivity (Wildman–Crippen MR) is 73.5 cm³/mol. The minimum absolute atomic E-state index is 0.151. The predicted octanol–water partition coefficient (Wildman–Crippen LogP) is 2.43. The molecule has 6 heteroatoms. The molecule has 0 amide bonds. The van der Waals surface area contributed by atoms with Crippen molar-refractivity contribution in [2.24, 2.45) is 0 Å². The molecule has 0 aromatic heterocycles. The van der Waals surface area contributed by atoms with E-state index in [2.05, 4.69) is 0 Å². The number of carbonyl (C=O) groups excluding carboxylic acids is 2. The van der Waals surface area contributed by atoms with Crippen LogP contribution in [0.15, 0.2) is 34.4 Å². The van der Waals surface area contributed by atoms with Crippen molar-refractivity contribution < 1.29 is 24.2 Å². The van der Waals surface area contributed by atoms with Crippen LogP contribution in [-0.4, -0.2) is 22.8 Å². The van der Waals surface area contributed by atoms with E-state index in [-0.39, 0.29) is 18.1 Å². The molecule has 0 aliphatic carbocycles. The second-order valence-corrected chi connectivity index (χ2v) is 5.31. The van der Waals surface area contributed by atoms with Crippen LogP contribution in [0, 0.1) is 0 Å². The van der Waals surface area contributed by atoms with Crippen molar-refractivity contribution in [2.75, 3.05) is 6.79 Å². The average molecular weight is 290 g/mol. The van der Waals surface area contributed by atoms with Crippen LogP contribution in [0.2, 0.25) is 0 Å². The lowest BCUT2D eigenvalue weighted by Crippen LogP contribution is -2.03. The van der Waals surface area contributed by atoms with Crippen LogP contribution in [0.25, 0.3) is 6.08 Å². The topological polar surface area (TPSA) is 72.8 Å². The second-order valence-electron chi connectivity index (χ2n) is 4.29. The Morgan fingerprint density at radius 2 is 2.10 bits per heavy atom. The number of benzene rings is 1. The molecule has 1 aromatic carbocycles. The minimum Gasteiger partial charge on any atom is -0.506 e. The maximum atomic E-state index is 11.7. The number of carbonyl (C=O) groups is 2. The first-order valence-corrected chi connectivity index (χ1v) is 6.66. The summed E-state index contributed by atoms with van der Waals surface area (Å²) < 4.78 is 10.5. The van der Waals surface area contributed by atoms with Crippen LogP contribution >= 0.6 is 11.8 Å². The number of Topliss-reactive ketones (excluding diaryl/α,β-unsaturated/α-hetero) is 1. The van der Waals surface area contributed by atoms with Crippen LogP contribution in [0.3, 0.4) is 0 Å². The van der Waals surface area contributed by atoms with E-state index in [1.165, 1.54) is 6.92 Å². The Hall–Kier alpha value is -2.21. The first kappa shape index (κ1) is 12.8. The van der Waals surface area contributed by atoms with Crippen molar-refractivity contribution >= 4 is 28.7 Å². The lowest BCUT2D eigenvalue weighted by Gasteiger charge is -2.00. The van der Waals surface area contributed by atoms with Gasteiger partial charge in [0, 0.05) is 0 Å². The van der Waals surface area contributed by atoms with Gasteiger partial charge in [-0.3, -0.25) is 9.59 Å². The zero-order valence-corrected chi connectivity index (χ0v) is 11.3. The number of thioether (sulfide) groups is 1. The molecule has 1 aromatic rings. The highest BCUT2D eigenvalue weighted by atomic mass is 32.2. The van der Waals surface area contributed by atoms with E-state index in [4.69, 9.17) is 9.47 Å². The highest BCUT2D eigenvalue weighted by Crippen LogP contribution is 2.39. The number of aliphatic hydroxyl groups is 1. The summed E-state index contributed by atoms with van der Waals surface area (Å²) in [5.74, 6) is 0.578. The highest BCUT2D eigenvalue weighted by Gasteiger charge is 2.31. The monoisotopic (exact) mass is 290 g/mol. The van der Waals surface area contributed by atoms with Crippen molar-refractivity contribution in [2.45, 2.75) is 6.92 Å². The van der Waals surface area contributed by atoms with Crippen LogP contribution in [0.1, 0.15) is 12.5 Å². The third-order valence-electron chi connectivity index (χ3n) is 2.92. The Kier molecular flexibility index (Phi) is 3.02. The summed E-state index contributed by atoms with van der Waals surface area (Å²) in [7, 11) is 0. The summed E-state index contributed by atoms with van der Waals surface area (Å²) in [4.78, 5) is 23.3. The van der Waals surface area contributed by atoms with E-state index < -0.39 is 10.9 Å². The van der Waals surface area contributed by atoms with E-state index in [0.29, 0.717) is 16.4 Å². The van der Waals surface area contributed by atoms with Gasteiger partial charge in [-0.2, -0.15) is 0 Å². The zero-order valence-electron chi connectivity index (χ0n) is 10.5. The molecule has 0 unspecified atom stereocenters. The maximum Gasteiger partial charge on any atom is 0.231 e. The molecule has 0 spiro atoms. The molecule has 2 heterocycles. The molecule has 2 aliphatic rings. The standard InChI is InChI=1S/C14H10O5S/c1-7(15)12-13(16)11(20-14(12)17)5-8-2-3-9-10(4-8)19-6-18-9/h2-5,16H,6H2,1H3/b11-5-. The van der Waals surface area contributed by atoms with E-state index >= 15 is 0 Å². The summed E-state index contributed by atoms with van der Waals surface area (Å²) >= 11 is 0.843. The van der Waals surface area contributed by atoms with Crippen LogP contribution < -0.4 is 9.47 Å². The molecule has 102 valence electrons. The zero-order chi connectivity index (χ0) is 14.3. The molecule has 5 nitrogen and oxygen atoms in total. The van der Waals surface area contributed by atoms with Gasteiger partial charge in [0.2, 0.25) is 11.9 Å². The van der Waals surface area contributed by atoms with Gasteiger partial charge in [0.15, 0.2) is 17.3 Å². The van der Waals surface area contributed by atoms with Gasteiger partial charge >= 0.3 is 0 Å². The second kappa shape index (κ2) is 4.72.